The highest BCUT2D eigenvalue weighted by Gasteiger charge is 2.19. The minimum atomic E-state index is -0.839. The van der Waals surface area contributed by atoms with Gasteiger partial charge in [-0.15, -0.1) is 0 Å². The Kier molecular flexibility index (Phi) is 11.5. The summed E-state index contributed by atoms with van der Waals surface area (Å²) in [7, 11) is 2.13. The van der Waals surface area contributed by atoms with E-state index < -0.39 is 34.4 Å². The molecule has 2 fully saturated rings. The maximum absolute atomic E-state index is 14.0. The van der Waals surface area contributed by atoms with Gasteiger partial charge in [-0.25, -0.2) is 27.5 Å². The molecule has 0 unspecified atom stereocenters. The third-order valence-electron chi connectivity index (χ3n) is 9.83. The Balaban J connectivity index is 0.000000173. The number of piperidine rings is 2. The van der Waals surface area contributed by atoms with E-state index in [9.17, 15) is 27.2 Å². The van der Waals surface area contributed by atoms with E-state index in [0.717, 1.165) is 76.1 Å². The average molecular weight is 727 g/mol. The zero-order valence-corrected chi connectivity index (χ0v) is 29.0. The van der Waals surface area contributed by atoms with Gasteiger partial charge in [-0.2, -0.15) is 0 Å². The van der Waals surface area contributed by atoms with Crippen molar-refractivity contribution in [1.29, 1.82) is 0 Å². The molecule has 6 aromatic rings. The molecule has 8 rings (SSSR count). The van der Waals surface area contributed by atoms with Crippen molar-refractivity contribution < 1.29 is 22.4 Å². The SMILES string of the molecule is C=O.CN1CCC(c2ccc(-c3nc4c(F)cc(F)cc4c(=O)[nH]3)cc2)CC1.O=c1[nH]c(-c2ccc(C3CCNCC3)cc2)nc2c(F)cc(F)cc12. The number of H-pyrrole nitrogens is 2. The van der Waals surface area contributed by atoms with Crippen LogP contribution in [0.4, 0.5) is 17.6 Å². The summed E-state index contributed by atoms with van der Waals surface area (Å²) in [5, 5.41) is 3.16. The van der Waals surface area contributed by atoms with Gasteiger partial charge in [0.25, 0.3) is 11.1 Å². The smallest absolute Gasteiger partial charge is 0.259 e. The second kappa shape index (κ2) is 16.4. The van der Waals surface area contributed by atoms with Crippen LogP contribution in [0.1, 0.15) is 48.6 Å². The number of nitrogens with one attached hydrogen (secondary N) is 3. The summed E-state index contributed by atoms with van der Waals surface area (Å²) in [4.78, 5) is 48.3. The van der Waals surface area contributed by atoms with E-state index in [1.807, 2.05) is 55.3 Å². The lowest BCUT2D eigenvalue weighted by Gasteiger charge is -2.29. The van der Waals surface area contributed by atoms with Gasteiger partial charge in [0.1, 0.15) is 41.1 Å². The third kappa shape index (κ3) is 8.42. The Labute approximate surface area is 302 Å². The molecule has 53 heavy (non-hydrogen) atoms. The van der Waals surface area contributed by atoms with Crippen molar-refractivity contribution in [2.24, 2.45) is 0 Å². The first-order chi connectivity index (χ1) is 25.6. The van der Waals surface area contributed by atoms with Crippen molar-refractivity contribution >= 4 is 28.6 Å². The molecule has 0 spiro atoms. The van der Waals surface area contributed by atoms with Crippen LogP contribution in [-0.2, 0) is 4.79 Å². The van der Waals surface area contributed by atoms with Crippen molar-refractivity contribution in [3.63, 3.8) is 0 Å². The van der Waals surface area contributed by atoms with E-state index in [-0.39, 0.29) is 33.5 Å². The normalized spacial score (nSPS) is 15.4. The van der Waals surface area contributed by atoms with Crippen LogP contribution in [0.25, 0.3) is 44.6 Å². The van der Waals surface area contributed by atoms with E-state index in [0.29, 0.717) is 23.0 Å². The Bertz CT molecular complexity index is 2330. The Hall–Kier alpha value is -5.53. The van der Waals surface area contributed by atoms with Crippen LogP contribution >= 0.6 is 0 Å². The molecule has 274 valence electrons. The van der Waals surface area contributed by atoms with E-state index in [4.69, 9.17) is 4.79 Å². The molecule has 0 bridgehead atoms. The number of hydrogen-bond donors (Lipinski definition) is 3. The molecule has 2 aliphatic heterocycles. The highest BCUT2D eigenvalue weighted by atomic mass is 19.1. The third-order valence-corrected chi connectivity index (χ3v) is 9.83. The first kappa shape index (κ1) is 37.2. The molecule has 13 heteroatoms. The van der Waals surface area contributed by atoms with Gasteiger partial charge in [0.15, 0.2) is 11.6 Å². The maximum atomic E-state index is 14.0. The van der Waals surface area contributed by atoms with Crippen molar-refractivity contribution in [2.75, 3.05) is 33.2 Å². The summed E-state index contributed by atoms with van der Waals surface area (Å²) >= 11 is 0. The summed E-state index contributed by atoms with van der Waals surface area (Å²) < 4.78 is 54.6. The zero-order valence-electron chi connectivity index (χ0n) is 29.0. The van der Waals surface area contributed by atoms with Gasteiger partial charge < -0.3 is 25.0 Å². The minimum absolute atomic E-state index is 0.0887. The number of nitrogens with zero attached hydrogens (tertiary/aromatic N) is 3. The van der Waals surface area contributed by atoms with Crippen molar-refractivity contribution in [1.82, 2.24) is 30.2 Å². The molecule has 0 amide bonds. The molecule has 4 aromatic carbocycles. The minimum Gasteiger partial charge on any atom is -0.317 e. The van der Waals surface area contributed by atoms with E-state index in [2.05, 4.69) is 37.2 Å². The second-order valence-electron chi connectivity index (χ2n) is 13.2. The fourth-order valence-electron chi connectivity index (χ4n) is 6.93. The lowest BCUT2D eigenvalue weighted by atomic mass is 9.89. The van der Waals surface area contributed by atoms with Crippen molar-refractivity contribution in [2.45, 2.75) is 37.5 Å². The van der Waals surface area contributed by atoms with Gasteiger partial charge in [-0.05, 0) is 94.0 Å². The number of fused-ring (bicyclic) bond motifs is 2. The molecule has 0 radical (unpaired) electrons. The van der Waals surface area contributed by atoms with Gasteiger partial charge in [-0.1, -0.05) is 48.5 Å². The largest absolute Gasteiger partial charge is 0.317 e. The van der Waals surface area contributed by atoms with Crippen LogP contribution in [0.5, 0.6) is 0 Å². The van der Waals surface area contributed by atoms with E-state index in [1.54, 1.807) is 0 Å². The van der Waals surface area contributed by atoms with Gasteiger partial charge in [0.05, 0.1) is 10.8 Å². The number of benzene rings is 4. The van der Waals surface area contributed by atoms with Crippen molar-refractivity contribution in [3.8, 4) is 22.8 Å². The Morgan fingerprint density at radius 3 is 1.43 bits per heavy atom. The van der Waals surface area contributed by atoms with Crippen molar-refractivity contribution in [3.05, 3.63) is 128 Å². The number of aromatic amines is 2. The molecule has 0 saturated carbocycles. The first-order valence-corrected chi connectivity index (χ1v) is 17.3. The molecular formula is C40H38F4N6O3. The highest BCUT2D eigenvalue weighted by molar-refractivity contribution is 5.81. The lowest BCUT2D eigenvalue weighted by molar-refractivity contribution is -0.0980. The average Bonchev–Trinajstić information content (AvgIpc) is 3.17. The molecule has 2 aromatic heterocycles. The predicted molar refractivity (Wildman–Crippen MR) is 197 cm³/mol. The molecule has 3 N–H and O–H groups in total. The van der Waals surface area contributed by atoms with Crippen LogP contribution < -0.4 is 16.4 Å². The van der Waals surface area contributed by atoms with Gasteiger partial charge in [0.2, 0.25) is 0 Å². The van der Waals surface area contributed by atoms with Crippen LogP contribution in [-0.4, -0.2) is 64.9 Å². The summed E-state index contributed by atoms with van der Waals surface area (Å²) in [6.45, 7) is 6.20. The standard InChI is InChI=1S/C20H19F2N3O.C19H17F2N3O.CH2O/c1-25-8-6-13(7-9-25)12-2-4-14(5-3-12)19-23-18-16(20(26)24-19)10-15(21)11-17(18)22;20-14-9-15-17(16(21)10-14)23-18(24-19(15)25)13-3-1-11(2-4-13)12-5-7-22-8-6-12;1-2/h2-5,10-11,13H,6-9H2,1H3,(H,23,24,26);1-4,9-10,12,22H,5-8H2,(H,23,24,25);1H2. The van der Waals surface area contributed by atoms with Gasteiger partial charge in [0, 0.05) is 23.3 Å². The Morgan fingerprint density at radius 1 is 0.623 bits per heavy atom. The molecule has 9 nitrogen and oxygen atoms in total. The number of rotatable bonds is 4. The van der Waals surface area contributed by atoms with E-state index >= 15 is 0 Å². The number of carbonyl (C=O) groups excluding carboxylic acids is 1. The van der Waals surface area contributed by atoms with Crippen LogP contribution in [0, 0.1) is 23.3 Å². The summed E-state index contributed by atoms with van der Waals surface area (Å²) in [6.07, 6.45) is 4.44. The first-order valence-electron chi connectivity index (χ1n) is 17.3. The quantitative estimate of drug-likeness (QED) is 0.170. The molecular weight excluding hydrogens is 688 g/mol. The maximum Gasteiger partial charge on any atom is 0.259 e. The van der Waals surface area contributed by atoms with Crippen LogP contribution in [0.15, 0.2) is 82.4 Å². The second-order valence-corrected chi connectivity index (χ2v) is 13.2. The zero-order chi connectivity index (χ0) is 37.6. The lowest BCUT2D eigenvalue weighted by Crippen LogP contribution is -2.29. The van der Waals surface area contributed by atoms with Crippen LogP contribution in [0.2, 0.25) is 0 Å². The van der Waals surface area contributed by atoms with Gasteiger partial charge >= 0.3 is 0 Å². The predicted octanol–water partition coefficient (Wildman–Crippen LogP) is 6.83. The number of hydrogen-bond acceptors (Lipinski definition) is 7. The monoisotopic (exact) mass is 726 g/mol. The highest BCUT2D eigenvalue weighted by Crippen LogP contribution is 2.30. The number of aromatic nitrogens is 4. The Morgan fingerprint density at radius 2 is 1.02 bits per heavy atom. The molecule has 4 heterocycles. The van der Waals surface area contributed by atoms with Gasteiger partial charge in [-0.3, -0.25) is 9.59 Å². The summed E-state index contributed by atoms with van der Waals surface area (Å²) in [6, 6.07) is 19.1. The number of halogens is 4. The summed E-state index contributed by atoms with van der Waals surface area (Å²) in [5.74, 6) is -1.65. The molecule has 0 atom stereocenters. The fourth-order valence-corrected chi connectivity index (χ4v) is 6.93. The fraction of sp³-hybridized carbons (Fsp3) is 0.275. The summed E-state index contributed by atoms with van der Waals surface area (Å²) in [5.41, 5.74) is 2.56. The molecule has 2 saturated heterocycles. The number of carbonyl (C=O) groups is 1. The van der Waals surface area contributed by atoms with Crippen LogP contribution in [0.3, 0.4) is 0 Å². The van der Waals surface area contributed by atoms with E-state index in [1.165, 1.54) is 11.1 Å². The molecule has 0 aliphatic carbocycles. The molecule has 2 aliphatic rings. The number of likely N-dealkylation sites (tertiary alicyclic amines) is 1. The topological polar surface area (TPSA) is 124 Å².